The summed E-state index contributed by atoms with van der Waals surface area (Å²) in [5.41, 5.74) is 1.75. The van der Waals surface area contributed by atoms with Crippen molar-refractivity contribution in [3.8, 4) is 28.6 Å². The van der Waals surface area contributed by atoms with Crippen LogP contribution >= 0.6 is 23.4 Å². The molecule has 0 radical (unpaired) electrons. The molecule has 2 heterocycles. The van der Waals surface area contributed by atoms with Crippen LogP contribution in [0.5, 0.6) is 5.75 Å². The largest absolute Gasteiger partial charge is 0.497 e. The van der Waals surface area contributed by atoms with Crippen molar-refractivity contribution >= 4 is 23.4 Å². The van der Waals surface area contributed by atoms with Crippen molar-refractivity contribution in [2.45, 2.75) is 49.1 Å². The maximum absolute atomic E-state index is 6.50. The molecule has 1 atom stereocenters. The van der Waals surface area contributed by atoms with Crippen LogP contribution in [-0.4, -0.2) is 32.1 Å². The van der Waals surface area contributed by atoms with Crippen LogP contribution in [0, 0.1) is 0 Å². The van der Waals surface area contributed by atoms with E-state index in [1.807, 2.05) is 55.5 Å². The van der Waals surface area contributed by atoms with Gasteiger partial charge in [-0.25, -0.2) is 0 Å². The highest BCUT2D eigenvalue weighted by atomic mass is 35.5. The number of aromatic nitrogens is 5. The smallest absolute Gasteiger partial charge is 0.247 e. The molecule has 0 spiro atoms. The van der Waals surface area contributed by atoms with Crippen molar-refractivity contribution in [1.82, 2.24) is 25.0 Å². The fourth-order valence-electron chi connectivity index (χ4n) is 4.13. The van der Waals surface area contributed by atoms with E-state index in [0.717, 1.165) is 40.7 Å². The van der Waals surface area contributed by atoms with Gasteiger partial charge >= 0.3 is 0 Å². The molecule has 0 amide bonds. The minimum atomic E-state index is -0.0899. The van der Waals surface area contributed by atoms with Gasteiger partial charge in [0.15, 0.2) is 11.0 Å². The molecular formula is C24H24ClN5O2S. The number of halogens is 1. The van der Waals surface area contributed by atoms with Crippen molar-refractivity contribution in [3.63, 3.8) is 0 Å². The molecule has 2 aromatic carbocycles. The maximum atomic E-state index is 6.50. The van der Waals surface area contributed by atoms with Gasteiger partial charge in [0, 0.05) is 17.2 Å². The van der Waals surface area contributed by atoms with E-state index >= 15 is 0 Å². The summed E-state index contributed by atoms with van der Waals surface area (Å²) in [5, 5.41) is 19.0. The first-order chi connectivity index (χ1) is 16.1. The lowest BCUT2D eigenvalue weighted by Crippen LogP contribution is -2.09. The van der Waals surface area contributed by atoms with Gasteiger partial charge in [-0.15, -0.1) is 20.4 Å². The third-order valence-electron chi connectivity index (χ3n) is 5.88. The minimum absolute atomic E-state index is 0.0899. The van der Waals surface area contributed by atoms with E-state index in [4.69, 9.17) is 20.8 Å². The third-order valence-corrected chi connectivity index (χ3v) is 7.25. The number of hydrogen-bond acceptors (Lipinski definition) is 7. The Morgan fingerprint density at radius 2 is 1.79 bits per heavy atom. The zero-order valence-electron chi connectivity index (χ0n) is 18.4. The molecule has 0 bridgehead atoms. The quantitative estimate of drug-likeness (QED) is 0.274. The summed E-state index contributed by atoms with van der Waals surface area (Å²) in [7, 11) is 1.64. The molecule has 1 aliphatic rings. The molecule has 170 valence electrons. The van der Waals surface area contributed by atoms with Crippen LogP contribution in [-0.2, 0) is 0 Å². The van der Waals surface area contributed by atoms with E-state index in [0.29, 0.717) is 22.8 Å². The minimum Gasteiger partial charge on any atom is -0.497 e. The van der Waals surface area contributed by atoms with Gasteiger partial charge in [0.2, 0.25) is 11.8 Å². The highest BCUT2D eigenvalue weighted by Gasteiger charge is 2.28. The van der Waals surface area contributed by atoms with Crippen molar-refractivity contribution in [2.75, 3.05) is 7.11 Å². The monoisotopic (exact) mass is 481 g/mol. The molecule has 0 aliphatic heterocycles. The molecule has 2 aromatic heterocycles. The normalized spacial score (nSPS) is 15.1. The highest BCUT2D eigenvalue weighted by Crippen LogP contribution is 2.41. The SMILES string of the molecule is COc1ccc(-c2nnc([C@@H](C)Sc3nnc(-c4ccccc4Cl)n3C3CCCC3)o2)cc1. The number of hydrogen-bond donors (Lipinski definition) is 0. The van der Waals surface area contributed by atoms with Gasteiger partial charge in [-0.1, -0.05) is 48.3 Å². The number of rotatable bonds is 7. The standard InChI is InChI=1S/C24H24ClN5O2S/c1-15(22-27-28-23(32-22)16-11-13-18(31-2)14-12-16)33-24-29-26-21(19-9-5-6-10-20(19)25)30(24)17-7-3-4-8-17/h5-6,9-15,17H,3-4,7-8H2,1-2H3/t15-/m1/s1. The molecule has 0 N–H and O–H groups in total. The third kappa shape index (κ3) is 4.50. The van der Waals surface area contributed by atoms with E-state index in [1.54, 1.807) is 18.9 Å². The van der Waals surface area contributed by atoms with E-state index in [1.165, 1.54) is 12.8 Å². The summed E-state index contributed by atoms with van der Waals surface area (Å²) in [6, 6.07) is 15.7. The second-order valence-electron chi connectivity index (χ2n) is 8.03. The molecule has 0 unspecified atom stereocenters. The average molecular weight is 482 g/mol. The molecule has 1 fully saturated rings. The first-order valence-corrected chi connectivity index (χ1v) is 12.2. The Morgan fingerprint density at radius 3 is 2.52 bits per heavy atom. The summed E-state index contributed by atoms with van der Waals surface area (Å²) in [6.07, 6.45) is 4.64. The van der Waals surface area contributed by atoms with Crippen LogP contribution in [0.4, 0.5) is 0 Å². The lowest BCUT2D eigenvalue weighted by Gasteiger charge is -2.18. The molecule has 7 nitrogen and oxygen atoms in total. The summed E-state index contributed by atoms with van der Waals surface area (Å²) < 4.78 is 13.5. The molecule has 0 saturated heterocycles. The molecular weight excluding hydrogens is 458 g/mol. The number of ether oxygens (including phenoxy) is 1. The van der Waals surface area contributed by atoms with E-state index < -0.39 is 0 Å². The Labute approximate surface area is 201 Å². The van der Waals surface area contributed by atoms with Gasteiger partial charge in [-0.05, 0) is 56.2 Å². The lowest BCUT2D eigenvalue weighted by atomic mass is 10.2. The zero-order valence-corrected chi connectivity index (χ0v) is 20.0. The van der Waals surface area contributed by atoms with Crippen molar-refractivity contribution < 1.29 is 9.15 Å². The Kier molecular flexibility index (Phi) is 6.37. The first kappa shape index (κ1) is 22.0. The van der Waals surface area contributed by atoms with Gasteiger partial charge in [-0.3, -0.25) is 4.57 Å². The Hall–Kier alpha value is -2.84. The predicted molar refractivity (Wildman–Crippen MR) is 129 cm³/mol. The van der Waals surface area contributed by atoms with Crippen molar-refractivity contribution in [1.29, 1.82) is 0 Å². The molecule has 4 aromatic rings. The lowest BCUT2D eigenvalue weighted by molar-refractivity contribution is 0.415. The molecule has 5 rings (SSSR count). The van der Waals surface area contributed by atoms with Crippen molar-refractivity contribution in [2.24, 2.45) is 0 Å². The Morgan fingerprint density at radius 1 is 1.03 bits per heavy atom. The second kappa shape index (κ2) is 9.57. The number of nitrogens with zero attached hydrogens (tertiary/aromatic N) is 5. The van der Waals surface area contributed by atoms with Crippen LogP contribution in [0.3, 0.4) is 0 Å². The summed E-state index contributed by atoms with van der Waals surface area (Å²) in [6.45, 7) is 2.04. The van der Waals surface area contributed by atoms with E-state index in [2.05, 4.69) is 25.0 Å². The molecule has 33 heavy (non-hydrogen) atoms. The van der Waals surface area contributed by atoms with Crippen LogP contribution in [0.1, 0.15) is 49.8 Å². The maximum Gasteiger partial charge on any atom is 0.247 e. The number of thioether (sulfide) groups is 1. The fourth-order valence-corrected chi connectivity index (χ4v) is 5.30. The van der Waals surface area contributed by atoms with Gasteiger partial charge < -0.3 is 9.15 Å². The number of methoxy groups -OCH3 is 1. The highest BCUT2D eigenvalue weighted by molar-refractivity contribution is 7.99. The summed E-state index contributed by atoms with van der Waals surface area (Å²) >= 11 is 8.08. The van der Waals surface area contributed by atoms with Gasteiger partial charge in [-0.2, -0.15) is 0 Å². The van der Waals surface area contributed by atoms with Crippen molar-refractivity contribution in [3.05, 3.63) is 59.4 Å². The molecule has 1 aliphatic carbocycles. The summed E-state index contributed by atoms with van der Waals surface area (Å²) in [5.74, 6) is 2.62. The van der Waals surface area contributed by atoms with Crippen LogP contribution in [0.2, 0.25) is 5.02 Å². The van der Waals surface area contributed by atoms with Crippen LogP contribution in [0.15, 0.2) is 58.1 Å². The second-order valence-corrected chi connectivity index (χ2v) is 9.74. The topological polar surface area (TPSA) is 78.9 Å². The van der Waals surface area contributed by atoms with Crippen LogP contribution in [0.25, 0.3) is 22.8 Å². The first-order valence-electron chi connectivity index (χ1n) is 11.0. The van der Waals surface area contributed by atoms with Crippen LogP contribution < -0.4 is 4.74 Å². The molecule has 1 saturated carbocycles. The Bertz CT molecular complexity index is 1230. The summed E-state index contributed by atoms with van der Waals surface area (Å²) in [4.78, 5) is 0. The van der Waals surface area contributed by atoms with Gasteiger partial charge in [0.05, 0.1) is 17.4 Å². The van der Waals surface area contributed by atoms with Gasteiger partial charge in [0.25, 0.3) is 0 Å². The fraction of sp³-hybridized carbons (Fsp3) is 0.333. The van der Waals surface area contributed by atoms with Gasteiger partial charge in [0.1, 0.15) is 5.75 Å². The predicted octanol–water partition coefficient (Wildman–Crippen LogP) is 6.63. The Balaban J connectivity index is 1.42. The zero-order chi connectivity index (χ0) is 22.8. The number of benzene rings is 2. The average Bonchev–Trinajstić information content (AvgIpc) is 3.60. The van der Waals surface area contributed by atoms with E-state index in [-0.39, 0.29) is 5.25 Å². The van der Waals surface area contributed by atoms with E-state index in [9.17, 15) is 0 Å². The molecule has 9 heteroatoms.